The van der Waals surface area contributed by atoms with Gasteiger partial charge in [0.1, 0.15) is 23.6 Å². The van der Waals surface area contributed by atoms with Crippen LogP contribution in [0.4, 0.5) is 0 Å². The number of rotatable bonds is 7. The summed E-state index contributed by atoms with van der Waals surface area (Å²) in [5, 5.41) is 11.3. The summed E-state index contributed by atoms with van der Waals surface area (Å²) in [5.74, 6) is -0.258. The lowest BCUT2D eigenvalue weighted by atomic mass is 10.0. The average molecular weight is 730 g/mol. The van der Waals surface area contributed by atoms with E-state index < -0.39 is 29.8 Å². The highest BCUT2D eigenvalue weighted by molar-refractivity contribution is 5.95. The summed E-state index contributed by atoms with van der Waals surface area (Å²) in [6.45, 7) is 5.91. The fourth-order valence-corrected chi connectivity index (χ4v) is 5.81. The van der Waals surface area contributed by atoms with Gasteiger partial charge in [-0.15, -0.1) is 0 Å². The summed E-state index contributed by atoms with van der Waals surface area (Å²) in [5.41, 5.74) is 2.00. The Kier molecular flexibility index (Phi) is 15.1. The third-order valence-corrected chi connectivity index (χ3v) is 8.74. The maximum absolute atomic E-state index is 13.6. The second-order valence-electron chi connectivity index (χ2n) is 13.4. The molecule has 2 atom stereocenters. The van der Waals surface area contributed by atoms with Crippen LogP contribution in [-0.2, 0) is 32.1 Å². The van der Waals surface area contributed by atoms with Crippen LogP contribution in [0.3, 0.4) is 0 Å². The highest BCUT2D eigenvalue weighted by Crippen LogP contribution is 2.35. The third kappa shape index (κ3) is 12.3. The highest BCUT2D eigenvalue weighted by atomic mass is 16.5. The first-order valence-electron chi connectivity index (χ1n) is 18.0. The zero-order chi connectivity index (χ0) is 38.3. The van der Waals surface area contributed by atoms with Gasteiger partial charge in [0.2, 0.25) is 23.6 Å². The second kappa shape index (κ2) is 19.9. The quantitative estimate of drug-likeness (QED) is 0.264. The fourth-order valence-electron chi connectivity index (χ4n) is 5.81. The first kappa shape index (κ1) is 40.2. The Balaban J connectivity index is 1.59. The normalized spacial score (nSPS) is 18.0. The number of carbonyl (C=O) groups excluding carboxylic acids is 5. The van der Waals surface area contributed by atoms with Crippen LogP contribution in [0.1, 0.15) is 67.9 Å². The Hall–Kier alpha value is -5.59. The average Bonchev–Trinajstić information content (AvgIpc) is 3.14. The molecule has 53 heavy (non-hydrogen) atoms. The van der Waals surface area contributed by atoms with Crippen molar-refractivity contribution in [2.45, 2.75) is 71.5 Å². The number of ether oxygens (including phenoxy) is 3. The smallest absolute Gasteiger partial charge is 0.251 e. The molecule has 2 aliphatic rings. The van der Waals surface area contributed by atoms with Crippen LogP contribution in [0, 0.1) is 5.92 Å². The maximum atomic E-state index is 13.6. The minimum Gasteiger partial charge on any atom is -0.496 e. The number of fused-ring (bicyclic) bond motifs is 18. The number of hydrogen-bond acceptors (Lipinski definition) is 8. The van der Waals surface area contributed by atoms with Gasteiger partial charge in [-0.25, -0.2) is 0 Å². The molecule has 2 heterocycles. The minimum atomic E-state index is -0.964. The summed E-state index contributed by atoms with van der Waals surface area (Å²) in [6, 6.07) is 17.7. The predicted octanol–water partition coefficient (Wildman–Crippen LogP) is 4.13. The molecule has 3 aromatic carbocycles. The van der Waals surface area contributed by atoms with E-state index in [1.807, 2.05) is 44.2 Å². The molecule has 0 saturated carbocycles. The van der Waals surface area contributed by atoms with Crippen molar-refractivity contribution in [1.82, 2.24) is 26.2 Å². The largest absolute Gasteiger partial charge is 0.496 e. The predicted molar refractivity (Wildman–Crippen MR) is 200 cm³/mol. The molecule has 0 spiro atoms. The van der Waals surface area contributed by atoms with Crippen molar-refractivity contribution in [2.24, 2.45) is 5.92 Å². The van der Waals surface area contributed by atoms with Crippen LogP contribution in [0.5, 0.6) is 23.0 Å². The van der Waals surface area contributed by atoms with E-state index in [0.717, 1.165) is 5.56 Å². The number of methoxy groups -OCH3 is 2. The summed E-state index contributed by atoms with van der Waals surface area (Å²) < 4.78 is 17.2. The zero-order valence-corrected chi connectivity index (χ0v) is 31.2. The molecule has 4 bridgehead atoms. The van der Waals surface area contributed by atoms with Gasteiger partial charge in [-0.1, -0.05) is 44.2 Å². The molecule has 13 nitrogen and oxygen atoms in total. The molecular formula is C40H51N5O8. The van der Waals surface area contributed by atoms with Crippen LogP contribution < -0.4 is 35.5 Å². The van der Waals surface area contributed by atoms with E-state index in [9.17, 15) is 24.0 Å². The molecule has 5 amide bonds. The molecule has 0 unspecified atom stereocenters. The van der Waals surface area contributed by atoms with E-state index in [0.29, 0.717) is 59.9 Å². The molecule has 13 heteroatoms. The van der Waals surface area contributed by atoms with Gasteiger partial charge >= 0.3 is 0 Å². The molecular weight excluding hydrogens is 678 g/mol. The summed E-state index contributed by atoms with van der Waals surface area (Å²) in [4.78, 5) is 68.1. The molecule has 0 aromatic heterocycles. The van der Waals surface area contributed by atoms with Crippen LogP contribution in [0.25, 0.3) is 0 Å². The van der Waals surface area contributed by atoms with Crippen molar-refractivity contribution in [3.63, 3.8) is 0 Å². The van der Waals surface area contributed by atoms with Crippen molar-refractivity contribution < 1.29 is 38.2 Å². The van der Waals surface area contributed by atoms with Crippen molar-refractivity contribution in [3.8, 4) is 23.0 Å². The number of carbonyl (C=O) groups is 5. The van der Waals surface area contributed by atoms with E-state index in [1.54, 1.807) is 43.3 Å². The Morgan fingerprint density at radius 1 is 0.887 bits per heavy atom. The lowest BCUT2D eigenvalue weighted by Crippen LogP contribution is -2.54. The number of nitrogens with zero attached hydrogens (tertiary/aromatic N) is 1. The number of hydrogen-bond donors (Lipinski definition) is 4. The molecule has 4 N–H and O–H groups in total. The minimum absolute atomic E-state index is 0.0760. The van der Waals surface area contributed by atoms with Crippen LogP contribution >= 0.6 is 0 Å². The summed E-state index contributed by atoms with van der Waals surface area (Å²) in [7, 11) is 3.00. The van der Waals surface area contributed by atoms with E-state index in [4.69, 9.17) is 14.2 Å². The molecule has 2 aliphatic heterocycles. The lowest BCUT2D eigenvalue weighted by Gasteiger charge is -2.26. The second-order valence-corrected chi connectivity index (χ2v) is 13.4. The lowest BCUT2D eigenvalue weighted by molar-refractivity contribution is -0.138. The molecule has 3 aromatic rings. The van der Waals surface area contributed by atoms with Gasteiger partial charge in [0.25, 0.3) is 5.91 Å². The van der Waals surface area contributed by atoms with E-state index >= 15 is 0 Å². The number of nitrogens with one attached hydrogen (secondary N) is 4. The molecule has 0 saturated heterocycles. The van der Waals surface area contributed by atoms with Gasteiger partial charge in [0.05, 0.1) is 20.8 Å². The van der Waals surface area contributed by atoms with E-state index in [1.165, 1.54) is 19.1 Å². The van der Waals surface area contributed by atoms with E-state index in [2.05, 4.69) is 21.3 Å². The first-order valence-corrected chi connectivity index (χ1v) is 18.0. The van der Waals surface area contributed by atoms with Crippen LogP contribution in [0.2, 0.25) is 0 Å². The molecule has 284 valence electrons. The van der Waals surface area contributed by atoms with Crippen molar-refractivity contribution in [3.05, 3.63) is 83.4 Å². The monoisotopic (exact) mass is 729 g/mol. The number of amides is 5. The topological polar surface area (TPSA) is 164 Å². The van der Waals surface area contributed by atoms with Gasteiger partial charge in [-0.3, -0.25) is 24.0 Å². The van der Waals surface area contributed by atoms with E-state index in [-0.39, 0.29) is 50.2 Å². The van der Waals surface area contributed by atoms with Gasteiger partial charge in [-0.2, -0.15) is 0 Å². The number of aryl methyl sites for hydroxylation is 1. The third-order valence-electron chi connectivity index (χ3n) is 8.74. The molecule has 0 fully saturated rings. The van der Waals surface area contributed by atoms with Crippen molar-refractivity contribution in [2.75, 3.05) is 33.9 Å². The standard InChI is InChI=1S/C40H51N5O8/c1-26(2)21-37(47)45-20-10-9-19-41-39(49)29-15-18-33(51-4)35(22-29)53-31-16-14-30(34(23-31)52-5)24-42-38(48)27(3)43-40(50)32(44-36(46)25-45)17-13-28-11-7-6-8-12-28/h6-8,11-12,14-16,18,22-23,26-27,32H,9-10,13,17,19-21,24-25H2,1-5H3,(H,41,49)(H,42,48)(H,43,50)(H,44,46)/t27-,32-/m0/s1. The van der Waals surface area contributed by atoms with Gasteiger partial charge in [0, 0.05) is 43.2 Å². The van der Waals surface area contributed by atoms with Gasteiger partial charge < -0.3 is 40.4 Å². The zero-order valence-electron chi connectivity index (χ0n) is 31.2. The van der Waals surface area contributed by atoms with Crippen molar-refractivity contribution in [1.29, 1.82) is 0 Å². The van der Waals surface area contributed by atoms with Gasteiger partial charge in [0.15, 0.2) is 11.5 Å². The Morgan fingerprint density at radius 3 is 2.36 bits per heavy atom. The molecule has 0 aliphatic carbocycles. The highest BCUT2D eigenvalue weighted by Gasteiger charge is 2.26. The van der Waals surface area contributed by atoms with Crippen LogP contribution in [-0.4, -0.2) is 80.4 Å². The Morgan fingerprint density at radius 2 is 1.64 bits per heavy atom. The maximum Gasteiger partial charge on any atom is 0.251 e. The molecule has 0 radical (unpaired) electrons. The summed E-state index contributed by atoms with van der Waals surface area (Å²) >= 11 is 0. The van der Waals surface area contributed by atoms with Crippen LogP contribution in [0.15, 0.2) is 66.7 Å². The Bertz CT molecular complexity index is 1730. The molecule has 5 rings (SSSR count). The summed E-state index contributed by atoms with van der Waals surface area (Å²) in [6.07, 6.45) is 2.10. The number of benzene rings is 3. The first-order chi connectivity index (χ1) is 25.5. The SMILES string of the molecule is COc1cc2ccc1CNC(=O)[C@H](C)NC(=O)[C@H](CCc1ccccc1)NC(=O)CN(C(=O)CC(C)C)CCCCNC(=O)c1ccc(OC)c(c1)O2. The van der Waals surface area contributed by atoms with Crippen molar-refractivity contribution >= 4 is 29.5 Å². The van der Waals surface area contributed by atoms with Gasteiger partial charge in [-0.05, 0) is 74.4 Å². The Labute approximate surface area is 311 Å². The fraction of sp³-hybridized carbons (Fsp3) is 0.425.